The topological polar surface area (TPSA) is 52.6 Å². The van der Waals surface area contributed by atoms with Crippen molar-refractivity contribution < 1.29 is 18.6 Å². The summed E-state index contributed by atoms with van der Waals surface area (Å²) in [6, 6.07) is 9.10. The molecule has 0 radical (unpaired) electrons. The standard InChI is InChI=1S/C12H15O4P/c1-2-15-17(14,9-10-8-12(13)16-10)11-6-4-3-5-7-11/h3-7,10H,2,8-9H2,1H3. The van der Waals surface area contributed by atoms with E-state index in [9.17, 15) is 9.36 Å². The van der Waals surface area contributed by atoms with E-state index in [2.05, 4.69) is 0 Å². The highest BCUT2D eigenvalue weighted by Crippen LogP contribution is 2.47. The average Bonchev–Trinajstić information content (AvgIpc) is 2.29. The first-order valence-corrected chi connectivity index (χ1v) is 7.44. The molecular formula is C12H15O4P. The Kier molecular flexibility index (Phi) is 3.65. The van der Waals surface area contributed by atoms with Crippen molar-refractivity contribution in [2.24, 2.45) is 0 Å². The molecule has 0 aliphatic carbocycles. The quantitative estimate of drug-likeness (QED) is 0.595. The van der Waals surface area contributed by atoms with Crippen LogP contribution in [0, 0.1) is 0 Å². The van der Waals surface area contributed by atoms with Gasteiger partial charge in [0.25, 0.3) is 0 Å². The molecule has 1 heterocycles. The average molecular weight is 254 g/mol. The third-order valence-corrected chi connectivity index (χ3v) is 5.27. The third-order valence-electron chi connectivity index (χ3n) is 2.62. The Morgan fingerprint density at radius 3 is 2.59 bits per heavy atom. The second kappa shape index (κ2) is 5.03. The summed E-state index contributed by atoms with van der Waals surface area (Å²) in [5.41, 5.74) is 0. The van der Waals surface area contributed by atoms with E-state index in [0.29, 0.717) is 18.3 Å². The lowest BCUT2D eigenvalue weighted by molar-refractivity contribution is -0.166. The first-order chi connectivity index (χ1) is 8.14. The molecule has 1 aliphatic heterocycles. The number of carbonyl (C=O) groups excluding carboxylic acids is 1. The van der Waals surface area contributed by atoms with Gasteiger partial charge in [-0.2, -0.15) is 0 Å². The molecule has 0 bridgehead atoms. The lowest BCUT2D eigenvalue weighted by atomic mass is 10.2. The fourth-order valence-corrected chi connectivity index (χ4v) is 4.08. The molecule has 92 valence electrons. The van der Waals surface area contributed by atoms with E-state index >= 15 is 0 Å². The summed E-state index contributed by atoms with van der Waals surface area (Å²) in [5.74, 6) is -0.230. The zero-order valence-electron chi connectivity index (χ0n) is 9.67. The highest BCUT2D eigenvalue weighted by atomic mass is 31.2. The van der Waals surface area contributed by atoms with Gasteiger partial charge in [0.05, 0.1) is 19.2 Å². The maximum atomic E-state index is 12.7. The van der Waals surface area contributed by atoms with Crippen LogP contribution in [0.5, 0.6) is 0 Å². The van der Waals surface area contributed by atoms with Gasteiger partial charge in [0.2, 0.25) is 7.37 Å². The van der Waals surface area contributed by atoms with Crippen LogP contribution in [0.2, 0.25) is 0 Å². The minimum Gasteiger partial charge on any atom is -0.461 e. The number of cyclic esters (lactones) is 1. The van der Waals surface area contributed by atoms with Crippen LogP contribution in [0.15, 0.2) is 30.3 Å². The van der Waals surface area contributed by atoms with E-state index in [1.54, 1.807) is 12.1 Å². The molecule has 2 rings (SSSR count). The van der Waals surface area contributed by atoms with Crippen LogP contribution in [0.25, 0.3) is 0 Å². The Labute approximate surface area is 100 Å². The summed E-state index contributed by atoms with van der Waals surface area (Å²) in [6.07, 6.45) is 0.348. The molecule has 0 aromatic heterocycles. The molecule has 0 amide bonds. The fourth-order valence-electron chi connectivity index (χ4n) is 1.83. The molecule has 1 fully saturated rings. The van der Waals surface area contributed by atoms with Crippen LogP contribution in [0.1, 0.15) is 13.3 Å². The van der Waals surface area contributed by atoms with Crippen LogP contribution in [-0.2, 0) is 18.6 Å². The first-order valence-electron chi connectivity index (χ1n) is 5.63. The second-order valence-corrected chi connectivity index (χ2v) is 6.41. The normalized spacial score (nSPS) is 22.4. The van der Waals surface area contributed by atoms with Crippen LogP contribution >= 0.6 is 7.37 Å². The molecule has 2 atom stereocenters. The van der Waals surface area contributed by atoms with E-state index in [1.807, 2.05) is 25.1 Å². The van der Waals surface area contributed by atoms with E-state index in [4.69, 9.17) is 9.26 Å². The van der Waals surface area contributed by atoms with Crippen molar-refractivity contribution in [3.8, 4) is 0 Å². The molecule has 5 heteroatoms. The van der Waals surface area contributed by atoms with Crippen LogP contribution < -0.4 is 5.30 Å². The largest absolute Gasteiger partial charge is 0.461 e. The zero-order valence-corrected chi connectivity index (χ0v) is 10.6. The number of esters is 1. The lowest BCUT2D eigenvalue weighted by Crippen LogP contribution is -2.36. The Morgan fingerprint density at radius 2 is 2.06 bits per heavy atom. The summed E-state index contributed by atoms with van der Waals surface area (Å²) in [4.78, 5) is 10.7. The van der Waals surface area contributed by atoms with Crippen molar-refractivity contribution >= 4 is 18.6 Å². The molecule has 2 unspecified atom stereocenters. The molecule has 17 heavy (non-hydrogen) atoms. The summed E-state index contributed by atoms with van der Waals surface area (Å²) in [7, 11) is -2.90. The highest BCUT2D eigenvalue weighted by Gasteiger charge is 2.37. The summed E-state index contributed by atoms with van der Waals surface area (Å²) in [6.45, 7) is 2.19. The Morgan fingerprint density at radius 1 is 1.41 bits per heavy atom. The Hall–Kier alpha value is -1.12. The van der Waals surface area contributed by atoms with E-state index in [0.717, 1.165) is 0 Å². The smallest absolute Gasteiger partial charge is 0.309 e. The maximum absolute atomic E-state index is 12.7. The number of carbonyl (C=O) groups is 1. The van der Waals surface area contributed by atoms with Gasteiger partial charge >= 0.3 is 5.97 Å². The van der Waals surface area contributed by atoms with Gasteiger partial charge in [-0.15, -0.1) is 0 Å². The minimum atomic E-state index is -2.90. The Bertz CT molecular complexity index is 435. The van der Waals surface area contributed by atoms with Crippen LogP contribution in [0.4, 0.5) is 0 Å². The number of hydrogen-bond acceptors (Lipinski definition) is 4. The van der Waals surface area contributed by atoms with Crippen molar-refractivity contribution in [3.05, 3.63) is 30.3 Å². The van der Waals surface area contributed by atoms with Gasteiger partial charge in [-0.1, -0.05) is 18.2 Å². The number of benzene rings is 1. The highest BCUT2D eigenvalue weighted by molar-refractivity contribution is 7.67. The molecule has 0 N–H and O–H groups in total. The lowest BCUT2D eigenvalue weighted by Gasteiger charge is -2.29. The Balaban J connectivity index is 2.14. The maximum Gasteiger partial charge on any atom is 0.309 e. The van der Waals surface area contributed by atoms with E-state index < -0.39 is 7.37 Å². The molecule has 4 nitrogen and oxygen atoms in total. The summed E-state index contributed by atoms with van der Waals surface area (Å²) in [5, 5.41) is 0.685. The van der Waals surface area contributed by atoms with Crippen molar-refractivity contribution in [2.75, 3.05) is 12.8 Å². The van der Waals surface area contributed by atoms with Crippen molar-refractivity contribution in [2.45, 2.75) is 19.4 Å². The zero-order chi connectivity index (χ0) is 12.3. The number of ether oxygens (including phenoxy) is 1. The fraction of sp³-hybridized carbons (Fsp3) is 0.417. The summed E-state index contributed by atoms with van der Waals surface area (Å²) < 4.78 is 23.0. The molecular weight excluding hydrogens is 239 g/mol. The van der Waals surface area contributed by atoms with Gasteiger partial charge in [-0.05, 0) is 19.1 Å². The van der Waals surface area contributed by atoms with Crippen LogP contribution in [-0.4, -0.2) is 24.8 Å². The predicted molar refractivity (Wildman–Crippen MR) is 64.7 cm³/mol. The monoisotopic (exact) mass is 254 g/mol. The van der Waals surface area contributed by atoms with Gasteiger partial charge in [0, 0.05) is 5.30 Å². The number of hydrogen-bond donors (Lipinski definition) is 0. The molecule has 1 aromatic carbocycles. The third kappa shape index (κ3) is 2.76. The van der Waals surface area contributed by atoms with Crippen molar-refractivity contribution in [3.63, 3.8) is 0 Å². The molecule has 1 aliphatic rings. The number of rotatable bonds is 5. The van der Waals surface area contributed by atoms with Crippen LogP contribution in [0.3, 0.4) is 0 Å². The van der Waals surface area contributed by atoms with Crippen molar-refractivity contribution in [1.82, 2.24) is 0 Å². The predicted octanol–water partition coefficient (Wildman–Crippen LogP) is 1.94. The van der Waals surface area contributed by atoms with Gasteiger partial charge in [-0.25, -0.2) is 0 Å². The molecule has 0 saturated carbocycles. The SMILES string of the molecule is CCOP(=O)(CC1CC(=O)O1)c1ccccc1. The van der Waals surface area contributed by atoms with Gasteiger partial charge in [0.15, 0.2) is 0 Å². The minimum absolute atomic E-state index is 0.230. The van der Waals surface area contributed by atoms with Gasteiger partial charge in [0.1, 0.15) is 6.10 Å². The molecule has 1 aromatic rings. The van der Waals surface area contributed by atoms with Crippen molar-refractivity contribution in [1.29, 1.82) is 0 Å². The van der Waals surface area contributed by atoms with E-state index in [-0.39, 0.29) is 18.2 Å². The van der Waals surface area contributed by atoms with Gasteiger partial charge < -0.3 is 9.26 Å². The summed E-state index contributed by atoms with van der Waals surface area (Å²) >= 11 is 0. The van der Waals surface area contributed by atoms with E-state index in [1.165, 1.54) is 0 Å². The first kappa shape index (κ1) is 12.3. The second-order valence-electron chi connectivity index (χ2n) is 3.93. The molecule has 0 spiro atoms. The molecule has 1 saturated heterocycles. The van der Waals surface area contributed by atoms with Gasteiger partial charge in [-0.3, -0.25) is 9.36 Å².